The number of amides is 1. The number of benzene rings is 1. The maximum Gasteiger partial charge on any atom is 0.263 e. The van der Waals surface area contributed by atoms with Gasteiger partial charge in [-0.3, -0.25) is 4.79 Å². The maximum atomic E-state index is 12.7. The molecule has 0 aliphatic carbocycles. The van der Waals surface area contributed by atoms with Gasteiger partial charge in [0.1, 0.15) is 5.75 Å². The van der Waals surface area contributed by atoms with Crippen molar-refractivity contribution in [1.29, 1.82) is 0 Å². The molecule has 3 unspecified atom stereocenters. The molecule has 0 saturated carbocycles. The molecule has 1 aromatic carbocycles. The summed E-state index contributed by atoms with van der Waals surface area (Å²) in [4.78, 5) is 14.5. The van der Waals surface area contributed by atoms with Crippen molar-refractivity contribution in [3.63, 3.8) is 0 Å². The number of aryl methyl sites for hydroxylation is 1. The fraction of sp³-hybridized carbons (Fsp3) is 0.588. The van der Waals surface area contributed by atoms with Crippen molar-refractivity contribution >= 4 is 29.9 Å². The Kier molecular flexibility index (Phi) is 7.65. The van der Waals surface area contributed by atoms with E-state index < -0.39 is 6.10 Å². The van der Waals surface area contributed by atoms with E-state index in [0.29, 0.717) is 23.2 Å². The lowest BCUT2D eigenvalue weighted by Crippen LogP contribution is -2.52. The molecule has 4 nitrogen and oxygen atoms in total. The third kappa shape index (κ3) is 5.00. The molecule has 1 saturated heterocycles. The minimum Gasteiger partial charge on any atom is -0.479 e. The maximum absolute atomic E-state index is 12.7. The monoisotopic (exact) mass is 360 g/mol. The molecule has 1 heterocycles. The topological polar surface area (TPSA) is 55.6 Å². The van der Waals surface area contributed by atoms with Crippen LogP contribution in [0.3, 0.4) is 0 Å². The SMILES string of the molecule is Cc1ccc(Cl)c(OC(C)C(=O)N2CCC(C)CC2CN)c1.Cl. The summed E-state index contributed by atoms with van der Waals surface area (Å²) in [6.45, 7) is 7.18. The third-order valence-corrected chi connectivity index (χ3v) is 4.58. The predicted molar refractivity (Wildman–Crippen MR) is 96.5 cm³/mol. The quantitative estimate of drug-likeness (QED) is 0.894. The molecule has 2 rings (SSSR count). The van der Waals surface area contributed by atoms with Crippen LogP contribution in [-0.4, -0.2) is 36.0 Å². The van der Waals surface area contributed by atoms with E-state index in [9.17, 15) is 4.79 Å². The summed E-state index contributed by atoms with van der Waals surface area (Å²) in [6, 6.07) is 5.66. The molecule has 0 radical (unpaired) electrons. The van der Waals surface area contributed by atoms with E-state index in [1.165, 1.54) is 0 Å². The lowest BCUT2D eigenvalue weighted by atomic mass is 9.92. The molecule has 3 atom stereocenters. The Balaban J connectivity index is 0.00000264. The molecule has 2 N–H and O–H groups in total. The number of ether oxygens (including phenoxy) is 1. The van der Waals surface area contributed by atoms with E-state index in [1.54, 1.807) is 13.0 Å². The fourth-order valence-electron chi connectivity index (χ4n) is 2.94. The van der Waals surface area contributed by atoms with E-state index in [2.05, 4.69) is 6.92 Å². The summed E-state index contributed by atoms with van der Waals surface area (Å²) >= 11 is 6.14. The van der Waals surface area contributed by atoms with Crippen LogP contribution in [0.1, 0.15) is 32.3 Å². The first-order chi connectivity index (χ1) is 10.4. The molecular weight excluding hydrogens is 335 g/mol. The average molecular weight is 361 g/mol. The van der Waals surface area contributed by atoms with Gasteiger partial charge in [-0.1, -0.05) is 24.6 Å². The van der Waals surface area contributed by atoms with Crippen LogP contribution in [0.4, 0.5) is 0 Å². The first-order valence-corrected chi connectivity index (χ1v) is 8.23. The van der Waals surface area contributed by atoms with Crippen LogP contribution in [0.15, 0.2) is 18.2 Å². The van der Waals surface area contributed by atoms with E-state index in [-0.39, 0.29) is 24.4 Å². The number of rotatable bonds is 4. The Labute approximate surface area is 149 Å². The zero-order valence-electron chi connectivity index (χ0n) is 13.9. The van der Waals surface area contributed by atoms with Crippen LogP contribution in [0.25, 0.3) is 0 Å². The second-order valence-electron chi connectivity index (χ2n) is 6.24. The van der Waals surface area contributed by atoms with Crippen molar-refractivity contribution in [3.05, 3.63) is 28.8 Å². The lowest BCUT2D eigenvalue weighted by molar-refractivity contribution is -0.142. The first kappa shape index (κ1) is 20.1. The predicted octanol–water partition coefficient (Wildman–Crippen LogP) is 3.42. The van der Waals surface area contributed by atoms with Crippen LogP contribution < -0.4 is 10.5 Å². The zero-order chi connectivity index (χ0) is 16.3. The minimum absolute atomic E-state index is 0. The molecule has 1 aromatic rings. The van der Waals surface area contributed by atoms with Crippen molar-refractivity contribution in [2.75, 3.05) is 13.1 Å². The summed E-state index contributed by atoms with van der Waals surface area (Å²) in [7, 11) is 0. The van der Waals surface area contributed by atoms with Gasteiger partial charge in [-0.25, -0.2) is 0 Å². The molecule has 0 bridgehead atoms. The van der Waals surface area contributed by atoms with E-state index in [4.69, 9.17) is 22.1 Å². The van der Waals surface area contributed by atoms with Crippen molar-refractivity contribution in [3.8, 4) is 5.75 Å². The number of carbonyl (C=O) groups excluding carboxylic acids is 1. The second kappa shape index (κ2) is 8.76. The standard InChI is InChI=1S/C17H25ClN2O2.ClH/c1-11-4-5-15(18)16(9-11)22-13(3)17(21)20-7-6-12(2)8-14(20)10-19;/h4-5,9,12-14H,6-8,10,19H2,1-3H3;1H. The average Bonchev–Trinajstić information content (AvgIpc) is 2.50. The first-order valence-electron chi connectivity index (χ1n) is 7.85. The highest BCUT2D eigenvalue weighted by Crippen LogP contribution is 2.28. The number of nitrogens with zero attached hydrogens (tertiary/aromatic N) is 1. The highest BCUT2D eigenvalue weighted by atomic mass is 35.5. The number of likely N-dealkylation sites (tertiary alicyclic amines) is 1. The number of nitrogens with two attached hydrogens (primary N) is 1. The van der Waals surface area contributed by atoms with Gasteiger partial charge in [0.2, 0.25) is 0 Å². The minimum atomic E-state index is -0.568. The van der Waals surface area contributed by atoms with Gasteiger partial charge in [-0.2, -0.15) is 0 Å². The Morgan fingerprint density at radius 3 is 2.87 bits per heavy atom. The van der Waals surface area contributed by atoms with Gasteiger partial charge in [-0.15, -0.1) is 12.4 Å². The highest BCUT2D eigenvalue weighted by molar-refractivity contribution is 6.32. The summed E-state index contributed by atoms with van der Waals surface area (Å²) in [6.07, 6.45) is 1.40. The number of piperidine rings is 1. The molecule has 23 heavy (non-hydrogen) atoms. The van der Waals surface area contributed by atoms with Gasteiger partial charge in [-0.05, 0) is 50.3 Å². The van der Waals surface area contributed by atoms with Gasteiger partial charge in [0, 0.05) is 19.1 Å². The van der Waals surface area contributed by atoms with Gasteiger partial charge >= 0.3 is 0 Å². The van der Waals surface area contributed by atoms with Gasteiger partial charge in [0.05, 0.1) is 5.02 Å². The van der Waals surface area contributed by atoms with Gasteiger partial charge < -0.3 is 15.4 Å². The van der Waals surface area contributed by atoms with Crippen molar-refractivity contribution in [2.24, 2.45) is 11.7 Å². The molecule has 1 aliphatic rings. The summed E-state index contributed by atoms with van der Waals surface area (Å²) in [5.74, 6) is 1.15. The summed E-state index contributed by atoms with van der Waals surface area (Å²) in [5, 5.41) is 0.521. The molecule has 6 heteroatoms. The van der Waals surface area contributed by atoms with Crippen LogP contribution in [0.2, 0.25) is 5.02 Å². The zero-order valence-corrected chi connectivity index (χ0v) is 15.5. The lowest BCUT2D eigenvalue weighted by Gasteiger charge is -2.39. The fourth-order valence-corrected chi connectivity index (χ4v) is 3.10. The summed E-state index contributed by atoms with van der Waals surface area (Å²) in [5.41, 5.74) is 6.88. The van der Waals surface area contributed by atoms with Crippen LogP contribution >= 0.6 is 24.0 Å². The number of halogens is 2. The molecule has 1 aliphatic heterocycles. The number of hydrogen-bond donors (Lipinski definition) is 1. The summed E-state index contributed by atoms with van der Waals surface area (Å²) < 4.78 is 5.80. The van der Waals surface area contributed by atoms with E-state index in [0.717, 1.165) is 24.9 Å². The van der Waals surface area contributed by atoms with E-state index >= 15 is 0 Å². The van der Waals surface area contributed by atoms with Crippen LogP contribution in [0.5, 0.6) is 5.75 Å². The Morgan fingerprint density at radius 1 is 1.52 bits per heavy atom. The smallest absolute Gasteiger partial charge is 0.263 e. The van der Waals surface area contributed by atoms with Crippen molar-refractivity contribution in [2.45, 2.75) is 45.8 Å². The highest BCUT2D eigenvalue weighted by Gasteiger charge is 2.32. The molecule has 1 amide bonds. The van der Waals surface area contributed by atoms with Gasteiger partial charge in [0.15, 0.2) is 6.10 Å². The molecule has 0 aromatic heterocycles. The number of hydrogen-bond acceptors (Lipinski definition) is 3. The molecular formula is C17H26Cl2N2O2. The van der Waals surface area contributed by atoms with Crippen molar-refractivity contribution < 1.29 is 9.53 Å². The largest absolute Gasteiger partial charge is 0.479 e. The van der Waals surface area contributed by atoms with Crippen LogP contribution in [-0.2, 0) is 4.79 Å². The molecule has 1 fully saturated rings. The van der Waals surface area contributed by atoms with Crippen LogP contribution in [0, 0.1) is 12.8 Å². The third-order valence-electron chi connectivity index (χ3n) is 4.27. The Bertz CT molecular complexity index is 539. The van der Waals surface area contributed by atoms with E-state index in [1.807, 2.05) is 24.0 Å². The Morgan fingerprint density at radius 2 is 2.22 bits per heavy atom. The molecule has 130 valence electrons. The van der Waals surface area contributed by atoms with Gasteiger partial charge in [0.25, 0.3) is 5.91 Å². The normalized spacial score (nSPS) is 22.2. The Hall–Kier alpha value is -0.970. The number of carbonyl (C=O) groups is 1. The van der Waals surface area contributed by atoms with Crippen molar-refractivity contribution in [1.82, 2.24) is 4.90 Å². The molecule has 0 spiro atoms. The second-order valence-corrected chi connectivity index (χ2v) is 6.65.